The third kappa shape index (κ3) is 5.77. The van der Waals surface area contributed by atoms with Crippen molar-refractivity contribution in [3.05, 3.63) is 35.6 Å². The van der Waals surface area contributed by atoms with Crippen molar-refractivity contribution in [2.45, 2.75) is 19.1 Å². The first-order chi connectivity index (χ1) is 7.89. The normalized spacial score (nSPS) is 14.9. The first kappa shape index (κ1) is 14.1. The lowest BCUT2D eigenvalue weighted by atomic mass is 10.1. The van der Waals surface area contributed by atoms with E-state index in [-0.39, 0.29) is 5.82 Å². The van der Waals surface area contributed by atoms with Crippen LogP contribution in [0.1, 0.15) is 12.5 Å². The Morgan fingerprint density at radius 2 is 2.12 bits per heavy atom. The molecule has 0 saturated heterocycles. The van der Waals surface area contributed by atoms with Gasteiger partial charge < -0.3 is 15.3 Å². The highest BCUT2D eigenvalue weighted by atomic mass is 19.1. The molecule has 0 heterocycles. The number of nitrogens with zero attached hydrogens (tertiary/aromatic N) is 1. The molecule has 1 atom stereocenters. The Bertz CT molecular complexity index is 353. The molecule has 1 aromatic carbocycles. The number of hydrogen-bond donors (Lipinski definition) is 2. The van der Waals surface area contributed by atoms with Crippen LogP contribution in [0.3, 0.4) is 0 Å². The van der Waals surface area contributed by atoms with Gasteiger partial charge in [0.25, 0.3) is 0 Å². The van der Waals surface area contributed by atoms with Crippen molar-refractivity contribution < 1.29 is 9.50 Å². The summed E-state index contributed by atoms with van der Waals surface area (Å²) in [6.07, 6.45) is 0. The van der Waals surface area contributed by atoms with Crippen LogP contribution in [0.5, 0.6) is 0 Å². The van der Waals surface area contributed by atoms with E-state index >= 15 is 0 Å². The average Bonchev–Trinajstić information content (AvgIpc) is 2.15. The lowest BCUT2D eigenvalue weighted by Gasteiger charge is -2.27. The molecule has 1 aromatic rings. The fraction of sp³-hybridized carbons (Fsp3) is 0.538. The maximum Gasteiger partial charge on any atom is 0.123 e. The Morgan fingerprint density at radius 1 is 1.41 bits per heavy atom. The average molecular weight is 240 g/mol. The van der Waals surface area contributed by atoms with Gasteiger partial charge in [-0.15, -0.1) is 0 Å². The molecule has 0 aliphatic heterocycles. The first-order valence-corrected chi connectivity index (χ1v) is 5.71. The molecule has 0 bridgehead atoms. The third-order valence-corrected chi connectivity index (χ3v) is 2.38. The smallest absolute Gasteiger partial charge is 0.123 e. The second-order valence-corrected chi connectivity index (χ2v) is 4.97. The molecule has 1 unspecified atom stereocenters. The van der Waals surface area contributed by atoms with E-state index in [1.807, 2.05) is 25.1 Å². The lowest BCUT2D eigenvalue weighted by Crippen LogP contribution is -2.45. The largest absolute Gasteiger partial charge is 0.388 e. The van der Waals surface area contributed by atoms with Crippen LogP contribution in [-0.4, -0.2) is 42.8 Å². The van der Waals surface area contributed by atoms with Crippen molar-refractivity contribution in [3.63, 3.8) is 0 Å². The molecule has 0 spiro atoms. The maximum atomic E-state index is 12.9. The standard InChI is InChI=1S/C13H21FN2O/c1-13(17,10-16(2)3)9-15-8-11-5-4-6-12(14)7-11/h4-7,15,17H,8-10H2,1-3H3. The van der Waals surface area contributed by atoms with Crippen molar-refractivity contribution in [2.75, 3.05) is 27.2 Å². The van der Waals surface area contributed by atoms with E-state index in [2.05, 4.69) is 5.32 Å². The minimum atomic E-state index is -0.781. The quantitative estimate of drug-likeness (QED) is 0.785. The Hall–Kier alpha value is -0.970. The molecule has 0 aromatic heterocycles. The van der Waals surface area contributed by atoms with Crippen LogP contribution in [0.2, 0.25) is 0 Å². The van der Waals surface area contributed by atoms with E-state index in [9.17, 15) is 9.50 Å². The Morgan fingerprint density at radius 3 is 2.71 bits per heavy atom. The van der Waals surface area contributed by atoms with E-state index < -0.39 is 5.60 Å². The summed E-state index contributed by atoms with van der Waals surface area (Å²) in [5.41, 5.74) is 0.0993. The summed E-state index contributed by atoms with van der Waals surface area (Å²) in [4.78, 5) is 1.93. The van der Waals surface area contributed by atoms with Gasteiger partial charge in [-0.25, -0.2) is 4.39 Å². The number of hydrogen-bond acceptors (Lipinski definition) is 3. The topological polar surface area (TPSA) is 35.5 Å². The van der Waals surface area contributed by atoms with Gasteiger partial charge in [0.2, 0.25) is 0 Å². The highest BCUT2D eigenvalue weighted by molar-refractivity contribution is 5.15. The molecule has 0 fully saturated rings. The van der Waals surface area contributed by atoms with Crippen molar-refractivity contribution in [3.8, 4) is 0 Å². The van der Waals surface area contributed by atoms with E-state index in [4.69, 9.17) is 0 Å². The summed E-state index contributed by atoms with van der Waals surface area (Å²) >= 11 is 0. The van der Waals surface area contributed by atoms with Gasteiger partial charge in [-0.05, 0) is 38.7 Å². The highest BCUT2D eigenvalue weighted by Crippen LogP contribution is 2.05. The number of likely N-dealkylation sites (N-methyl/N-ethyl adjacent to an activating group) is 1. The number of rotatable bonds is 6. The van der Waals surface area contributed by atoms with E-state index in [1.54, 1.807) is 13.0 Å². The van der Waals surface area contributed by atoms with Gasteiger partial charge in [-0.2, -0.15) is 0 Å². The molecule has 17 heavy (non-hydrogen) atoms. The Kier molecular flexibility index (Phi) is 5.05. The molecular weight excluding hydrogens is 219 g/mol. The lowest BCUT2D eigenvalue weighted by molar-refractivity contribution is 0.0336. The number of aliphatic hydroxyl groups is 1. The zero-order chi connectivity index (χ0) is 12.9. The first-order valence-electron chi connectivity index (χ1n) is 5.71. The van der Waals surface area contributed by atoms with Crippen LogP contribution >= 0.6 is 0 Å². The summed E-state index contributed by atoms with van der Waals surface area (Å²) in [5, 5.41) is 13.2. The Labute approximate surface area is 102 Å². The van der Waals surface area contributed by atoms with Crippen LogP contribution < -0.4 is 5.32 Å². The predicted molar refractivity (Wildman–Crippen MR) is 67.3 cm³/mol. The molecule has 0 radical (unpaired) electrons. The summed E-state index contributed by atoms with van der Waals surface area (Å²) in [6.45, 7) is 3.40. The molecule has 96 valence electrons. The molecule has 4 heteroatoms. The van der Waals surface area contributed by atoms with Gasteiger partial charge in [-0.1, -0.05) is 12.1 Å². The fourth-order valence-electron chi connectivity index (χ4n) is 1.86. The monoisotopic (exact) mass is 240 g/mol. The second kappa shape index (κ2) is 6.10. The van der Waals surface area contributed by atoms with Gasteiger partial charge in [0.15, 0.2) is 0 Å². The molecule has 2 N–H and O–H groups in total. The highest BCUT2D eigenvalue weighted by Gasteiger charge is 2.20. The zero-order valence-corrected chi connectivity index (χ0v) is 10.7. The molecule has 3 nitrogen and oxygen atoms in total. The van der Waals surface area contributed by atoms with Crippen molar-refractivity contribution >= 4 is 0 Å². The van der Waals surface area contributed by atoms with Gasteiger partial charge >= 0.3 is 0 Å². The number of nitrogens with one attached hydrogen (secondary N) is 1. The maximum absolute atomic E-state index is 12.9. The van der Waals surface area contributed by atoms with Crippen molar-refractivity contribution in [1.29, 1.82) is 0 Å². The van der Waals surface area contributed by atoms with Gasteiger partial charge in [0.05, 0.1) is 5.60 Å². The zero-order valence-electron chi connectivity index (χ0n) is 10.7. The molecule has 0 aliphatic carbocycles. The summed E-state index contributed by atoms with van der Waals surface area (Å²) in [6, 6.07) is 6.46. The van der Waals surface area contributed by atoms with Crippen LogP contribution in [0.15, 0.2) is 24.3 Å². The summed E-state index contributed by atoms with van der Waals surface area (Å²) in [5.74, 6) is -0.232. The van der Waals surface area contributed by atoms with Gasteiger partial charge in [-0.3, -0.25) is 0 Å². The van der Waals surface area contributed by atoms with Crippen molar-refractivity contribution in [2.24, 2.45) is 0 Å². The van der Waals surface area contributed by atoms with Crippen LogP contribution in [0.25, 0.3) is 0 Å². The predicted octanol–water partition coefficient (Wildman–Crippen LogP) is 1.23. The molecule has 0 aliphatic rings. The van der Waals surface area contributed by atoms with Crippen molar-refractivity contribution in [1.82, 2.24) is 10.2 Å². The molecule has 0 saturated carbocycles. The van der Waals surface area contributed by atoms with Gasteiger partial charge in [0, 0.05) is 19.6 Å². The van der Waals surface area contributed by atoms with E-state index in [1.165, 1.54) is 12.1 Å². The van der Waals surface area contributed by atoms with Crippen LogP contribution in [-0.2, 0) is 6.54 Å². The third-order valence-electron chi connectivity index (χ3n) is 2.38. The summed E-state index contributed by atoms with van der Waals surface area (Å²) < 4.78 is 12.9. The minimum Gasteiger partial charge on any atom is -0.388 e. The SMILES string of the molecule is CN(C)CC(C)(O)CNCc1cccc(F)c1. The second-order valence-electron chi connectivity index (χ2n) is 4.97. The molecular formula is C13H21FN2O. The van der Waals surface area contributed by atoms with Gasteiger partial charge in [0.1, 0.15) is 5.82 Å². The van der Waals surface area contributed by atoms with Crippen LogP contribution in [0.4, 0.5) is 4.39 Å². The van der Waals surface area contributed by atoms with E-state index in [0.717, 1.165) is 5.56 Å². The molecule has 0 amide bonds. The summed E-state index contributed by atoms with van der Waals surface area (Å²) in [7, 11) is 3.84. The number of halogens is 1. The van der Waals surface area contributed by atoms with E-state index in [0.29, 0.717) is 19.6 Å². The Balaban J connectivity index is 2.37. The fourth-order valence-corrected chi connectivity index (χ4v) is 1.86. The minimum absolute atomic E-state index is 0.232. The molecule has 1 rings (SSSR count). The number of benzene rings is 1. The van der Waals surface area contributed by atoms with Crippen LogP contribution in [0, 0.1) is 5.82 Å².